The zero-order valence-corrected chi connectivity index (χ0v) is 15.8. The summed E-state index contributed by atoms with van der Waals surface area (Å²) in [4.78, 5) is 2.64. The van der Waals surface area contributed by atoms with Crippen LogP contribution in [0.1, 0.15) is 32.3 Å². The molecule has 1 aromatic rings. The van der Waals surface area contributed by atoms with Crippen LogP contribution in [-0.4, -0.2) is 48.8 Å². The van der Waals surface area contributed by atoms with Crippen molar-refractivity contribution in [2.75, 3.05) is 18.5 Å². The van der Waals surface area contributed by atoms with Crippen molar-refractivity contribution < 1.29 is 19.5 Å². The summed E-state index contributed by atoms with van der Waals surface area (Å²) in [6.07, 6.45) is 3.65. The van der Waals surface area contributed by atoms with Crippen molar-refractivity contribution in [1.82, 2.24) is 10.4 Å². The third-order valence-electron chi connectivity index (χ3n) is 5.67. The normalized spacial score (nSPS) is 33.0. The number of benzene rings is 1. The first-order chi connectivity index (χ1) is 10.7. The predicted octanol–water partition coefficient (Wildman–Crippen LogP) is 2.55. The number of rotatable bonds is 3. The van der Waals surface area contributed by atoms with Crippen LogP contribution in [0.5, 0.6) is 0 Å². The Morgan fingerprint density at radius 3 is 2.70 bits per heavy atom. The number of nitrogens with one attached hydrogen (secondary N) is 1. The molecule has 23 heavy (non-hydrogen) atoms. The molecule has 0 saturated carbocycles. The van der Waals surface area contributed by atoms with E-state index in [1.165, 1.54) is 30.5 Å². The van der Waals surface area contributed by atoms with E-state index in [9.17, 15) is 0 Å². The Hall–Kier alpha value is -0.477. The van der Waals surface area contributed by atoms with Crippen molar-refractivity contribution in [3.63, 3.8) is 0 Å². The molecule has 1 radical (unpaired) electrons. The maximum atomic E-state index is 5.16. The van der Waals surface area contributed by atoms with Crippen LogP contribution in [-0.2, 0) is 25.9 Å². The molecule has 129 valence electrons. The molecule has 2 saturated heterocycles. The summed E-state index contributed by atoms with van der Waals surface area (Å²) in [5, 5.41) is 7.58. The summed E-state index contributed by atoms with van der Waals surface area (Å²) in [5.41, 5.74) is 6.32. The van der Waals surface area contributed by atoms with E-state index in [2.05, 4.69) is 53.4 Å². The molecule has 0 aromatic heterocycles. The third-order valence-corrected chi connectivity index (χ3v) is 5.67. The standard InChI is InChI=1S/C18H27N4.Rh/c1-12(2)22-15-7-5-4-6-13(15)8-9-16(22)18-17-10-14(20-18)11-21(17)19-3;/h4-7,12,14,16-19H,8-11H2,1-3H3;/q-1;. The van der Waals surface area contributed by atoms with E-state index in [4.69, 9.17) is 5.32 Å². The second kappa shape index (κ2) is 6.80. The number of para-hydroxylation sites is 1. The fraction of sp³-hybridized carbons (Fsp3) is 0.667. The summed E-state index contributed by atoms with van der Waals surface area (Å²) >= 11 is 0. The van der Waals surface area contributed by atoms with Crippen LogP contribution >= 0.6 is 0 Å². The molecule has 5 heteroatoms. The van der Waals surface area contributed by atoms with Crippen LogP contribution in [0.15, 0.2) is 24.3 Å². The molecule has 3 aliphatic rings. The summed E-state index contributed by atoms with van der Waals surface area (Å²) < 4.78 is 0. The maximum Gasteiger partial charge on any atom is 0.0403 e. The van der Waals surface area contributed by atoms with Gasteiger partial charge >= 0.3 is 0 Å². The molecule has 2 bridgehead atoms. The number of hydrogen-bond acceptors (Lipinski definition) is 3. The van der Waals surface area contributed by atoms with E-state index >= 15 is 0 Å². The Bertz CT molecular complexity index is 550. The van der Waals surface area contributed by atoms with Crippen molar-refractivity contribution in [3.8, 4) is 0 Å². The van der Waals surface area contributed by atoms with Gasteiger partial charge < -0.3 is 10.2 Å². The average molecular weight is 402 g/mol. The molecule has 0 aliphatic carbocycles. The van der Waals surface area contributed by atoms with Gasteiger partial charge in [-0.1, -0.05) is 30.7 Å². The van der Waals surface area contributed by atoms with Gasteiger partial charge in [0, 0.05) is 43.3 Å². The second-order valence-corrected chi connectivity index (χ2v) is 7.21. The number of nitrogens with zero attached hydrogens (tertiary/aromatic N) is 3. The molecule has 0 spiro atoms. The van der Waals surface area contributed by atoms with Crippen LogP contribution in [0.4, 0.5) is 5.69 Å². The van der Waals surface area contributed by atoms with E-state index in [0.717, 1.165) is 6.54 Å². The quantitative estimate of drug-likeness (QED) is 0.789. The minimum absolute atomic E-state index is 0. The van der Waals surface area contributed by atoms with E-state index in [0.29, 0.717) is 30.2 Å². The first-order valence-corrected chi connectivity index (χ1v) is 8.69. The monoisotopic (exact) mass is 402 g/mol. The molecule has 4 nitrogen and oxygen atoms in total. The molecule has 4 unspecified atom stereocenters. The minimum atomic E-state index is 0. The molecule has 3 aliphatic heterocycles. The molecular weight excluding hydrogens is 375 g/mol. The molecule has 4 atom stereocenters. The molecule has 1 aromatic carbocycles. The first kappa shape index (κ1) is 17.3. The number of fused-ring (bicyclic) bond motifs is 3. The van der Waals surface area contributed by atoms with Gasteiger partial charge in [0.2, 0.25) is 0 Å². The van der Waals surface area contributed by atoms with E-state index in [-0.39, 0.29) is 19.5 Å². The Balaban J connectivity index is 0.00000156. The molecule has 3 heterocycles. The molecule has 0 amide bonds. The largest absolute Gasteiger partial charge is 0.653 e. The Labute approximate surface area is 152 Å². The summed E-state index contributed by atoms with van der Waals surface area (Å²) in [6, 6.07) is 11.5. The Morgan fingerprint density at radius 2 is 2.00 bits per heavy atom. The van der Waals surface area contributed by atoms with Crippen LogP contribution in [0.3, 0.4) is 0 Å². The van der Waals surface area contributed by atoms with Gasteiger partial charge in [0.05, 0.1) is 0 Å². The van der Waals surface area contributed by atoms with Gasteiger partial charge in [0.1, 0.15) is 0 Å². The van der Waals surface area contributed by atoms with Gasteiger partial charge in [-0.05, 0) is 51.9 Å². The maximum absolute atomic E-state index is 5.16. The number of aryl methyl sites for hydroxylation is 1. The third kappa shape index (κ3) is 2.86. The van der Waals surface area contributed by atoms with Crippen LogP contribution in [0.2, 0.25) is 0 Å². The van der Waals surface area contributed by atoms with Gasteiger partial charge in [-0.2, -0.15) is 0 Å². The average Bonchev–Trinajstić information content (AvgIpc) is 3.13. The van der Waals surface area contributed by atoms with Crippen molar-refractivity contribution >= 4 is 5.69 Å². The number of piperazine rings is 1. The van der Waals surface area contributed by atoms with Crippen LogP contribution < -0.4 is 10.3 Å². The SMILES string of the molecule is CNN1CC2CC1C(C1CCc3ccccc3N1C(C)C)[N-]2.[Rh]. The van der Waals surface area contributed by atoms with E-state index in [1.54, 1.807) is 0 Å². The Morgan fingerprint density at radius 1 is 1.22 bits per heavy atom. The fourth-order valence-corrected chi connectivity index (χ4v) is 4.82. The van der Waals surface area contributed by atoms with Crippen molar-refractivity contribution in [3.05, 3.63) is 35.1 Å². The van der Waals surface area contributed by atoms with Crippen molar-refractivity contribution in [2.45, 2.75) is 63.3 Å². The Kier molecular flexibility index (Phi) is 5.13. The number of hydrogen-bond donors (Lipinski definition) is 1. The summed E-state index contributed by atoms with van der Waals surface area (Å²) in [6.45, 7) is 5.72. The predicted molar refractivity (Wildman–Crippen MR) is 91.3 cm³/mol. The smallest absolute Gasteiger partial charge is 0.0403 e. The van der Waals surface area contributed by atoms with Crippen LogP contribution in [0.25, 0.3) is 5.32 Å². The van der Waals surface area contributed by atoms with Gasteiger partial charge in [0.25, 0.3) is 0 Å². The zero-order valence-electron chi connectivity index (χ0n) is 14.2. The second-order valence-electron chi connectivity index (χ2n) is 7.21. The first-order valence-electron chi connectivity index (χ1n) is 8.69. The molecular formula is C18H27N4Rh-. The number of hydrazine groups is 1. The summed E-state index contributed by atoms with van der Waals surface area (Å²) in [7, 11) is 2.05. The minimum Gasteiger partial charge on any atom is -0.653 e. The molecule has 2 fully saturated rings. The molecule has 4 rings (SSSR count). The van der Waals surface area contributed by atoms with Crippen molar-refractivity contribution in [1.29, 1.82) is 0 Å². The zero-order chi connectivity index (χ0) is 15.3. The van der Waals surface area contributed by atoms with Crippen LogP contribution in [0, 0.1) is 0 Å². The van der Waals surface area contributed by atoms with Gasteiger partial charge in [-0.25, -0.2) is 5.01 Å². The van der Waals surface area contributed by atoms with E-state index in [1.807, 2.05) is 7.05 Å². The fourth-order valence-electron chi connectivity index (χ4n) is 4.82. The topological polar surface area (TPSA) is 32.6 Å². The van der Waals surface area contributed by atoms with Crippen molar-refractivity contribution in [2.24, 2.45) is 0 Å². The van der Waals surface area contributed by atoms with Gasteiger partial charge in [-0.15, -0.1) is 6.04 Å². The van der Waals surface area contributed by atoms with E-state index < -0.39 is 0 Å². The van der Waals surface area contributed by atoms with Gasteiger partial charge in [0.15, 0.2) is 0 Å². The molecule has 1 N–H and O–H groups in total. The van der Waals surface area contributed by atoms with Gasteiger partial charge in [-0.3, -0.25) is 5.43 Å². The number of anilines is 1. The summed E-state index contributed by atoms with van der Waals surface area (Å²) in [5.74, 6) is 0.